The lowest BCUT2D eigenvalue weighted by atomic mass is 10.0. The highest BCUT2D eigenvalue weighted by Gasteiger charge is 2.11. The van der Waals surface area contributed by atoms with E-state index in [-0.39, 0.29) is 0 Å². The molecule has 1 atom stereocenters. The lowest BCUT2D eigenvalue weighted by Gasteiger charge is -2.14. The van der Waals surface area contributed by atoms with Crippen molar-refractivity contribution in [1.29, 1.82) is 0 Å². The van der Waals surface area contributed by atoms with Gasteiger partial charge in [0, 0.05) is 11.3 Å². The zero-order valence-electron chi connectivity index (χ0n) is 11.9. The smallest absolute Gasteiger partial charge is 0.122 e. The first-order valence-corrected chi connectivity index (χ1v) is 7.76. The SMILES string of the molecule is CCSc1ccc(C(O)Cc2ccccc2OC)cc1. The van der Waals surface area contributed by atoms with Crippen LogP contribution >= 0.6 is 11.8 Å². The topological polar surface area (TPSA) is 29.5 Å². The molecular weight excluding hydrogens is 268 g/mol. The van der Waals surface area contributed by atoms with Gasteiger partial charge < -0.3 is 9.84 Å². The summed E-state index contributed by atoms with van der Waals surface area (Å²) in [6, 6.07) is 15.9. The number of ether oxygens (including phenoxy) is 1. The molecule has 0 amide bonds. The van der Waals surface area contributed by atoms with Gasteiger partial charge in [-0.1, -0.05) is 37.3 Å². The molecular formula is C17H20O2S. The van der Waals surface area contributed by atoms with Crippen LogP contribution in [0.25, 0.3) is 0 Å². The average Bonchev–Trinajstić information content (AvgIpc) is 2.49. The van der Waals surface area contributed by atoms with Gasteiger partial charge in [-0.05, 0) is 35.1 Å². The monoisotopic (exact) mass is 288 g/mol. The molecule has 2 aromatic carbocycles. The minimum absolute atomic E-state index is 0.507. The van der Waals surface area contributed by atoms with Crippen molar-refractivity contribution in [2.45, 2.75) is 24.3 Å². The lowest BCUT2D eigenvalue weighted by Crippen LogP contribution is -2.03. The largest absolute Gasteiger partial charge is 0.496 e. The van der Waals surface area contributed by atoms with Crippen LogP contribution in [0, 0.1) is 0 Å². The standard InChI is InChI=1S/C17H20O2S/c1-3-20-15-10-8-13(9-11-15)16(18)12-14-6-4-5-7-17(14)19-2/h4-11,16,18H,3,12H2,1-2H3. The molecule has 3 heteroatoms. The first kappa shape index (κ1) is 14.9. The summed E-state index contributed by atoms with van der Waals surface area (Å²) in [5, 5.41) is 10.4. The summed E-state index contributed by atoms with van der Waals surface area (Å²) < 4.78 is 5.32. The van der Waals surface area contributed by atoms with E-state index in [1.54, 1.807) is 18.9 Å². The molecule has 2 rings (SSSR count). The van der Waals surface area contributed by atoms with Crippen molar-refractivity contribution in [2.24, 2.45) is 0 Å². The van der Waals surface area contributed by atoms with E-state index in [9.17, 15) is 5.11 Å². The molecule has 2 nitrogen and oxygen atoms in total. The van der Waals surface area contributed by atoms with Crippen LogP contribution < -0.4 is 4.74 Å². The van der Waals surface area contributed by atoms with E-state index in [0.29, 0.717) is 6.42 Å². The van der Waals surface area contributed by atoms with Gasteiger partial charge >= 0.3 is 0 Å². The number of para-hydroxylation sites is 1. The Morgan fingerprint density at radius 3 is 2.45 bits per heavy atom. The Bertz CT molecular complexity index is 537. The number of hydrogen-bond acceptors (Lipinski definition) is 3. The fourth-order valence-electron chi connectivity index (χ4n) is 2.15. The van der Waals surface area contributed by atoms with Crippen LogP contribution in [0.5, 0.6) is 5.75 Å². The molecule has 106 valence electrons. The normalized spacial score (nSPS) is 12.2. The highest BCUT2D eigenvalue weighted by molar-refractivity contribution is 7.99. The van der Waals surface area contributed by atoms with Crippen molar-refractivity contribution in [1.82, 2.24) is 0 Å². The molecule has 0 radical (unpaired) electrons. The number of hydrogen-bond donors (Lipinski definition) is 1. The van der Waals surface area contributed by atoms with Gasteiger partial charge in [-0.2, -0.15) is 0 Å². The van der Waals surface area contributed by atoms with Crippen LogP contribution in [0.2, 0.25) is 0 Å². The van der Waals surface area contributed by atoms with E-state index < -0.39 is 6.10 Å². The van der Waals surface area contributed by atoms with E-state index in [1.165, 1.54) is 4.90 Å². The van der Waals surface area contributed by atoms with Crippen LogP contribution in [0.15, 0.2) is 53.4 Å². The number of methoxy groups -OCH3 is 1. The second-order valence-corrected chi connectivity index (χ2v) is 5.87. The molecule has 0 bridgehead atoms. The molecule has 2 aromatic rings. The van der Waals surface area contributed by atoms with Crippen LogP contribution in [0.4, 0.5) is 0 Å². The summed E-state index contributed by atoms with van der Waals surface area (Å²) in [7, 11) is 1.65. The maximum atomic E-state index is 10.4. The maximum absolute atomic E-state index is 10.4. The van der Waals surface area contributed by atoms with Crippen molar-refractivity contribution in [3.8, 4) is 5.75 Å². The van der Waals surface area contributed by atoms with E-state index in [2.05, 4.69) is 19.1 Å². The summed E-state index contributed by atoms with van der Waals surface area (Å²) >= 11 is 1.80. The summed E-state index contributed by atoms with van der Waals surface area (Å²) in [6.07, 6.45) is 0.0524. The highest BCUT2D eigenvalue weighted by atomic mass is 32.2. The van der Waals surface area contributed by atoms with Crippen LogP contribution in [0.1, 0.15) is 24.2 Å². The molecule has 1 unspecified atom stereocenters. The molecule has 0 saturated heterocycles. The number of aliphatic hydroxyl groups is 1. The van der Waals surface area contributed by atoms with E-state index in [1.807, 2.05) is 36.4 Å². The van der Waals surface area contributed by atoms with Crippen molar-refractivity contribution in [2.75, 3.05) is 12.9 Å². The molecule has 0 aliphatic heterocycles. The van der Waals surface area contributed by atoms with Gasteiger partial charge in [-0.3, -0.25) is 0 Å². The second-order valence-electron chi connectivity index (χ2n) is 4.53. The zero-order chi connectivity index (χ0) is 14.4. The van der Waals surface area contributed by atoms with Gasteiger partial charge in [0.05, 0.1) is 13.2 Å². The molecule has 0 heterocycles. The number of rotatable bonds is 6. The summed E-state index contributed by atoms with van der Waals surface area (Å²) in [6.45, 7) is 2.13. The molecule has 0 aliphatic carbocycles. The Hall–Kier alpha value is -1.45. The van der Waals surface area contributed by atoms with Gasteiger partial charge in [0.2, 0.25) is 0 Å². The molecule has 0 fully saturated rings. The summed E-state index contributed by atoms with van der Waals surface area (Å²) in [5.41, 5.74) is 1.96. The Labute approximate surface area is 124 Å². The molecule has 0 spiro atoms. The van der Waals surface area contributed by atoms with Gasteiger partial charge in [0.25, 0.3) is 0 Å². The first-order valence-electron chi connectivity index (χ1n) is 6.77. The first-order chi connectivity index (χ1) is 9.74. The van der Waals surface area contributed by atoms with Gasteiger partial charge in [-0.25, -0.2) is 0 Å². The van der Waals surface area contributed by atoms with Crippen molar-refractivity contribution >= 4 is 11.8 Å². The Balaban J connectivity index is 2.09. The fourth-order valence-corrected chi connectivity index (χ4v) is 2.81. The molecule has 1 N–H and O–H groups in total. The number of thioether (sulfide) groups is 1. The maximum Gasteiger partial charge on any atom is 0.122 e. The summed E-state index contributed by atoms with van der Waals surface area (Å²) in [4.78, 5) is 1.24. The molecule has 0 aromatic heterocycles. The van der Waals surface area contributed by atoms with Gasteiger partial charge in [-0.15, -0.1) is 11.8 Å². The highest BCUT2D eigenvalue weighted by Crippen LogP contribution is 2.26. The lowest BCUT2D eigenvalue weighted by molar-refractivity contribution is 0.177. The predicted octanol–water partition coefficient (Wildman–Crippen LogP) is 4.08. The van der Waals surface area contributed by atoms with Crippen molar-refractivity contribution in [3.63, 3.8) is 0 Å². The number of benzene rings is 2. The van der Waals surface area contributed by atoms with E-state index >= 15 is 0 Å². The zero-order valence-corrected chi connectivity index (χ0v) is 12.7. The van der Waals surface area contributed by atoms with E-state index in [4.69, 9.17) is 4.74 Å². The number of aliphatic hydroxyl groups excluding tert-OH is 1. The van der Waals surface area contributed by atoms with Crippen LogP contribution in [-0.2, 0) is 6.42 Å². The molecule has 0 saturated carbocycles. The third-order valence-electron chi connectivity index (χ3n) is 3.18. The summed E-state index contributed by atoms with van der Waals surface area (Å²) in [5.74, 6) is 1.88. The van der Waals surface area contributed by atoms with Crippen LogP contribution in [0.3, 0.4) is 0 Å². The third-order valence-corrected chi connectivity index (χ3v) is 4.08. The predicted molar refractivity (Wildman–Crippen MR) is 84.5 cm³/mol. The Kier molecular flexibility index (Phi) is 5.50. The van der Waals surface area contributed by atoms with Gasteiger partial charge in [0.1, 0.15) is 5.75 Å². The average molecular weight is 288 g/mol. The Morgan fingerprint density at radius 1 is 1.10 bits per heavy atom. The van der Waals surface area contributed by atoms with Crippen LogP contribution in [-0.4, -0.2) is 18.0 Å². The third kappa shape index (κ3) is 3.78. The second kappa shape index (κ2) is 7.36. The van der Waals surface area contributed by atoms with Crippen molar-refractivity contribution < 1.29 is 9.84 Å². The Morgan fingerprint density at radius 2 is 1.80 bits per heavy atom. The molecule has 20 heavy (non-hydrogen) atoms. The molecule has 0 aliphatic rings. The van der Waals surface area contributed by atoms with Gasteiger partial charge in [0.15, 0.2) is 0 Å². The fraction of sp³-hybridized carbons (Fsp3) is 0.294. The minimum Gasteiger partial charge on any atom is -0.496 e. The quantitative estimate of drug-likeness (QED) is 0.812. The minimum atomic E-state index is -0.507. The van der Waals surface area contributed by atoms with Crippen molar-refractivity contribution in [3.05, 3.63) is 59.7 Å². The van der Waals surface area contributed by atoms with E-state index in [0.717, 1.165) is 22.6 Å².